The van der Waals surface area contributed by atoms with E-state index < -0.39 is 31.4 Å². The van der Waals surface area contributed by atoms with Crippen LogP contribution >= 0.6 is 11.8 Å². The summed E-state index contributed by atoms with van der Waals surface area (Å²) in [4.78, 5) is 38.9. The van der Waals surface area contributed by atoms with Crippen molar-refractivity contribution in [3.63, 3.8) is 0 Å². The molecule has 5 rings (SSSR count). The van der Waals surface area contributed by atoms with Gasteiger partial charge in [-0.3, -0.25) is 14.9 Å². The van der Waals surface area contributed by atoms with E-state index in [2.05, 4.69) is 16.0 Å². The molecule has 13 nitrogen and oxygen atoms in total. The zero-order chi connectivity index (χ0) is 36.2. The Morgan fingerprint density at radius 2 is 1.71 bits per heavy atom. The Morgan fingerprint density at radius 3 is 2.41 bits per heavy atom. The van der Waals surface area contributed by atoms with Crippen LogP contribution in [-0.4, -0.2) is 82.3 Å². The van der Waals surface area contributed by atoms with Crippen molar-refractivity contribution in [3.8, 4) is 16.9 Å². The molecule has 4 aromatic carbocycles. The van der Waals surface area contributed by atoms with Crippen molar-refractivity contribution in [3.05, 3.63) is 112 Å². The topological polar surface area (TPSA) is 172 Å². The second-order valence-corrected chi connectivity index (χ2v) is 14.5. The van der Waals surface area contributed by atoms with Gasteiger partial charge in [0.25, 0.3) is 21.6 Å². The van der Waals surface area contributed by atoms with E-state index in [1.165, 1.54) is 24.3 Å². The lowest BCUT2D eigenvalue weighted by Crippen LogP contribution is -2.50. The number of anilines is 1. The van der Waals surface area contributed by atoms with E-state index in [-0.39, 0.29) is 17.3 Å². The third-order valence-electron chi connectivity index (χ3n) is 8.18. The molecule has 1 heterocycles. The Balaban J connectivity index is 1.16. The summed E-state index contributed by atoms with van der Waals surface area (Å²) in [5.41, 5.74) is 2.42. The third kappa shape index (κ3) is 10.2. The number of nitrogens with one attached hydrogen (secondary N) is 4. The smallest absolute Gasteiger partial charge is 0.317 e. The summed E-state index contributed by atoms with van der Waals surface area (Å²) in [7, 11) is -2.85. The number of thioether (sulfide) groups is 1. The summed E-state index contributed by atoms with van der Waals surface area (Å²) >= 11 is 1.58. The number of hydrogen-bond donors (Lipinski definition) is 4. The minimum atomic E-state index is -4.42. The van der Waals surface area contributed by atoms with Gasteiger partial charge < -0.3 is 25.6 Å². The molecular weight excluding hydrogens is 693 g/mol. The van der Waals surface area contributed by atoms with Crippen molar-refractivity contribution in [1.82, 2.24) is 20.3 Å². The van der Waals surface area contributed by atoms with Gasteiger partial charge in [0.2, 0.25) is 0 Å². The summed E-state index contributed by atoms with van der Waals surface area (Å²) in [6.45, 7) is 3.97. The molecule has 268 valence electrons. The number of rotatable bonds is 15. The quantitative estimate of drug-likeness (QED) is 0.0555. The summed E-state index contributed by atoms with van der Waals surface area (Å²) in [6, 6.07) is 25.3. The molecule has 0 spiro atoms. The lowest BCUT2D eigenvalue weighted by Gasteiger charge is -2.27. The molecule has 0 saturated carbocycles. The van der Waals surface area contributed by atoms with Crippen LogP contribution in [-0.2, 0) is 16.4 Å². The van der Waals surface area contributed by atoms with Gasteiger partial charge in [0.1, 0.15) is 11.4 Å². The molecule has 0 aliphatic carbocycles. The summed E-state index contributed by atoms with van der Waals surface area (Å²) in [5.74, 6) is 0.385. The summed E-state index contributed by atoms with van der Waals surface area (Å²) < 4.78 is 33.9. The predicted molar refractivity (Wildman–Crippen MR) is 198 cm³/mol. The van der Waals surface area contributed by atoms with Crippen LogP contribution in [0.2, 0.25) is 0 Å². The Kier molecular flexibility index (Phi) is 12.9. The number of urea groups is 1. The fourth-order valence-corrected chi connectivity index (χ4v) is 7.27. The number of nitro groups is 1. The van der Waals surface area contributed by atoms with Crippen molar-refractivity contribution >= 4 is 45.1 Å². The average Bonchev–Trinajstić information content (AvgIpc) is 3.15. The average molecular weight is 733 g/mol. The maximum absolute atomic E-state index is 13.1. The van der Waals surface area contributed by atoms with Gasteiger partial charge in [-0.05, 0) is 66.4 Å². The van der Waals surface area contributed by atoms with E-state index in [1.807, 2.05) is 58.2 Å². The fourth-order valence-electron chi connectivity index (χ4n) is 5.49. The number of methoxy groups -OCH3 is 1. The second-order valence-electron chi connectivity index (χ2n) is 11.6. The first-order valence-electron chi connectivity index (χ1n) is 16.4. The number of amides is 3. The number of sulfonamides is 1. The first kappa shape index (κ1) is 37.1. The van der Waals surface area contributed by atoms with E-state index in [0.717, 1.165) is 53.6 Å². The zero-order valence-electron chi connectivity index (χ0n) is 28.1. The summed E-state index contributed by atoms with van der Waals surface area (Å²) in [5, 5.41) is 21.0. The molecule has 51 heavy (non-hydrogen) atoms. The molecule has 0 radical (unpaired) electrons. The van der Waals surface area contributed by atoms with Crippen molar-refractivity contribution < 1.29 is 27.7 Å². The van der Waals surface area contributed by atoms with Gasteiger partial charge in [0.05, 0.1) is 16.9 Å². The third-order valence-corrected chi connectivity index (χ3v) is 10.5. The number of ether oxygens (including phenoxy) is 1. The minimum Gasteiger partial charge on any atom is -0.496 e. The largest absolute Gasteiger partial charge is 0.496 e. The summed E-state index contributed by atoms with van der Waals surface area (Å²) in [6.07, 6.45) is 1.50. The van der Waals surface area contributed by atoms with Crippen molar-refractivity contribution in [2.45, 2.75) is 22.6 Å². The van der Waals surface area contributed by atoms with Gasteiger partial charge in [0.15, 0.2) is 0 Å². The molecule has 1 saturated heterocycles. The van der Waals surface area contributed by atoms with Crippen molar-refractivity contribution in [2.24, 2.45) is 0 Å². The van der Waals surface area contributed by atoms with Crippen LogP contribution in [0, 0.1) is 10.1 Å². The van der Waals surface area contributed by atoms with E-state index in [1.54, 1.807) is 31.0 Å². The van der Waals surface area contributed by atoms with Gasteiger partial charge in [-0.15, -0.1) is 11.8 Å². The Bertz CT molecular complexity index is 1940. The standard InChI is InChI=1S/C36H40N6O7S2/c1-49-34-24-26(6-5-17-39-36(44)41-21-18-37-19-22-41)9-15-31(34)27-10-12-28(13-11-27)35(43)40-51(47,48)30-14-16-32(33(25-30)42(45)46)38-20-23-50-29-7-3-2-4-8-29/h2-4,7-16,24-25,37-38H,5-6,17-23H2,1H3,(H,39,44)(H,40,43). The molecule has 0 aromatic heterocycles. The lowest BCUT2D eigenvalue weighted by molar-refractivity contribution is -0.384. The Morgan fingerprint density at radius 1 is 0.961 bits per heavy atom. The van der Waals surface area contributed by atoms with Crippen molar-refractivity contribution in [2.75, 3.05) is 57.4 Å². The highest BCUT2D eigenvalue weighted by Crippen LogP contribution is 2.32. The Labute approximate surface area is 301 Å². The highest BCUT2D eigenvalue weighted by atomic mass is 32.2. The van der Waals surface area contributed by atoms with Crippen LogP contribution < -0.4 is 25.4 Å². The first-order valence-corrected chi connectivity index (χ1v) is 18.9. The van der Waals surface area contributed by atoms with Gasteiger partial charge in [-0.2, -0.15) is 0 Å². The van der Waals surface area contributed by atoms with E-state index in [9.17, 15) is 28.1 Å². The fraction of sp³-hybridized carbons (Fsp3) is 0.278. The van der Waals surface area contributed by atoms with Crippen LogP contribution in [0.15, 0.2) is 101 Å². The lowest BCUT2D eigenvalue weighted by atomic mass is 9.99. The molecule has 0 atom stereocenters. The molecule has 1 fully saturated rings. The molecular formula is C36H40N6O7S2. The van der Waals surface area contributed by atoms with Crippen LogP contribution in [0.1, 0.15) is 22.3 Å². The van der Waals surface area contributed by atoms with E-state index >= 15 is 0 Å². The molecule has 4 aromatic rings. The molecule has 0 unspecified atom stereocenters. The van der Waals surface area contributed by atoms with E-state index in [4.69, 9.17) is 4.74 Å². The van der Waals surface area contributed by atoms with Crippen LogP contribution in [0.25, 0.3) is 11.1 Å². The maximum Gasteiger partial charge on any atom is 0.317 e. The van der Waals surface area contributed by atoms with Gasteiger partial charge in [0, 0.05) is 67.1 Å². The number of nitrogens with zero attached hydrogens (tertiary/aromatic N) is 2. The number of benzene rings is 4. The maximum atomic E-state index is 13.1. The minimum absolute atomic E-state index is 0.0463. The molecule has 1 aliphatic rings. The molecule has 1 aliphatic heterocycles. The van der Waals surface area contributed by atoms with Crippen molar-refractivity contribution in [1.29, 1.82) is 0 Å². The van der Waals surface area contributed by atoms with Gasteiger partial charge in [-0.25, -0.2) is 17.9 Å². The molecule has 15 heteroatoms. The molecule has 3 amide bonds. The predicted octanol–water partition coefficient (Wildman–Crippen LogP) is 5.14. The normalized spacial score (nSPS) is 12.9. The highest BCUT2D eigenvalue weighted by Gasteiger charge is 2.24. The molecule has 0 bridgehead atoms. The van der Waals surface area contributed by atoms with Gasteiger partial charge >= 0.3 is 6.03 Å². The number of carbonyl (C=O) groups excluding carboxylic acids is 2. The van der Waals surface area contributed by atoms with Crippen LogP contribution in [0.5, 0.6) is 5.75 Å². The monoisotopic (exact) mass is 732 g/mol. The molecule has 4 N–H and O–H groups in total. The van der Waals surface area contributed by atoms with E-state index in [0.29, 0.717) is 37.7 Å². The number of hydrogen-bond acceptors (Lipinski definition) is 10. The number of carbonyl (C=O) groups is 2. The van der Waals surface area contributed by atoms with Crippen LogP contribution in [0.3, 0.4) is 0 Å². The Hall–Kier alpha value is -5.12. The number of nitro benzene ring substituents is 1. The zero-order valence-corrected chi connectivity index (χ0v) is 29.7. The first-order chi connectivity index (χ1) is 24.6. The number of piperazine rings is 1. The van der Waals surface area contributed by atoms with Gasteiger partial charge in [-0.1, -0.05) is 42.5 Å². The number of aryl methyl sites for hydroxylation is 1. The highest BCUT2D eigenvalue weighted by molar-refractivity contribution is 7.99. The van der Waals surface area contributed by atoms with Crippen LogP contribution in [0.4, 0.5) is 16.2 Å². The second kappa shape index (κ2) is 17.7. The SMILES string of the molecule is COc1cc(CCCNC(=O)N2CCNCC2)ccc1-c1ccc(C(=O)NS(=O)(=O)c2ccc(NCCSc3ccccc3)c([N+](=O)[O-])c2)cc1.